The molecule has 2 unspecified atom stereocenters. The summed E-state index contributed by atoms with van der Waals surface area (Å²) >= 11 is 0. The van der Waals surface area contributed by atoms with Crippen molar-refractivity contribution >= 4 is 25.8 Å². The number of hydrogen-bond acceptors (Lipinski definition) is 7. The van der Waals surface area contributed by atoms with Crippen LogP contribution in [-0.2, 0) is 31.1 Å². The molecule has 2 N–H and O–H groups in total. The van der Waals surface area contributed by atoms with E-state index in [9.17, 15) is 21.6 Å². The van der Waals surface area contributed by atoms with Gasteiger partial charge in [0.15, 0.2) is 9.84 Å². The van der Waals surface area contributed by atoms with Gasteiger partial charge in [-0.2, -0.15) is 4.31 Å². The summed E-state index contributed by atoms with van der Waals surface area (Å²) in [6, 6.07) is 6.93. The van der Waals surface area contributed by atoms with E-state index in [1.807, 2.05) is 26.0 Å². The minimum Gasteiger partial charge on any atom is -0.340 e. The molecule has 0 radical (unpaired) electrons. The molecule has 1 amide bonds. The second-order valence-corrected chi connectivity index (χ2v) is 14.2. The highest BCUT2D eigenvalue weighted by Gasteiger charge is 2.33. The Labute approximate surface area is 218 Å². The summed E-state index contributed by atoms with van der Waals surface area (Å²) in [5.41, 5.74) is 7.04. The molecule has 2 rings (SSSR count). The molecule has 0 bridgehead atoms. The predicted molar refractivity (Wildman–Crippen MR) is 144 cm³/mol. The number of carbonyl (C=O) groups excluding carboxylic acids is 1. The first-order chi connectivity index (χ1) is 16.7. The van der Waals surface area contributed by atoms with Gasteiger partial charge in [-0.1, -0.05) is 32.9 Å². The SMILES string of the molecule is CCN(CCCCN1CCN(S(=O)(=O)CC(N)C(C)C)CC1=O)C(C)Cc1ccc(S(C)(=O)=O)cc1. The number of nitrogens with two attached hydrogens (primary N) is 1. The number of nitrogens with zero attached hydrogens (tertiary/aromatic N) is 3. The molecular weight excluding hydrogens is 500 g/mol. The largest absolute Gasteiger partial charge is 0.340 e. The third-order valence-electron chi connectivity index (χ3n) is 6.97. The number of unbranched alkanes of at least 4 members (excludes halogenated alkanes) is 1. The van der Waals surface area contributed by atoms with E-state index >= 15 is 0 Å². The van der Waals surface area contributed by atoms with Crippen molar-refractivity contribution in [2.24, 2.45) is 11.7 Å². The second-order valence-electron chi connectivity index (χ2n) is 10.2. The van der Waals surface area contributed by atoms with Crippen molar-refractivity contribution in [1.29, 1.82) is 0 Å². The normalized spacial score (nSPS) is 17.7. The van der Waals surface area contributed by atoms with Crippen LogP contribution in [0, 0.1) is 5.92 Å². The van der Waals surface area contributed by atoms with Gasteiger partial charge < -0.3 is 15.5 Å². The van der Waals surface area contributed by atoms with Crippen LogP contribution in [-0.4, -0.2) is 100 Å². The van der Waals surface area contributed by atoms with E-state index in [-0.39, 0.29) is 24.1 Å². The van der Waals surface area contributed by atoms with Gasteiger partial charge in [0.2, 0.25) is 15.9 Å². The number of sulfone groups is 1. The van der Waals surface area contributed by atoms with Gasteiger partial charge in [-0.3, -0.25) is 4.79 Å². The van der Waals surface area contributed by atoms with Gasteiger partial charge in [0, 0.05) is 38.0 Å². The van der Waals surface area contributed by atoms with Gasteiger partial charge in [0.1, 0.15) is 0 Å². The number of hydrogen-bond donors (Lipinski definition) is 1. The quantitative estimate of drug-likeness (QED) is 0.353. The van der Waals surface area contributed by atoms with E-state index in [0.717, 1.165) is 37.9 Å². The number of likely N-dealkylation sites (N-methyl/N-ethyl adjacent to an activating group) is 1. The molecule has 1 heterocycles. The minimum atomic E-state index is -3.54. The highest BCUT2D eigenvalue weighted by Crippen LogP contribution is 2.16. The lowest BCUT2D eigenvalue weighted by atomic mass is 10.1. The van der Waals surface area contributed by atoms with Crippen LogP contribution < -0.4 is 5.73 Å². The van der Waals surface area contributed by atoms with Crippen LogP contribution in [0.15, 0.2) is 29.2 Å². The van der Waals surface area contributed by atoms with Crippen molar-refractivity contribution in [3.8, 4) is 0 Å². The van der Waals surface area contributed by atoms with Crippen molar-refractivity contribution in [3.63, 3.8) is 0 Å². The first-order valence-electron chi connectivity index (χ1n) is 12.8. The van der Waals surface area contributed by atoms with Crippen molar-refractivity contribution < 1.29 is 21.6 Å². The van der Waals surface area contributed by atoms with Gasteiger partial charge in [0.25, 0.3) is 0 Å². The fourth-order valence-electron chi connectivity index (χ4n) is 4.35. The molecule has 0 aliphatic carbocycles. The fraction of sp³-hybridized carbons (Fsp3) is 0.720. The van der Waals surface area contributed by atoms with Crippen LogP contribution in [0.5, 0.6) is 0 Å². The van der Waals surface area contributed by atoms with E-state index in [0.29, 0.717) is 30.6 Å². The molecule has 11 heteroatoms. The third kappa shape index (κ3) is 9.09. The third-order valence-corrected chi connectivity index (χ3v) is 10.0. The number of piperazine rings is 1. The first-order valence-corrected chi connectivity index (χ1v) is 16.3. The Morgan fingerprint density at radius 3 is 2.19 bits per heavy atom. The van der Waals surface area contributed by atoms with Crippen LogP contribution >= 0.6 is 0 Å². The summed E-state index contributed by atoms with van der Waals surface area (Å²) in [6.07, 6.45) is 3.82. The van der Waals surface area contributed by atoms with E-state index in [1.165, 1.54) is 10.6 Å². The molecule has 1 aromatic rings. The van der Waals surface area contributed by atoms with Crippen LogP contribution in [0.25, 0.3) is 0 Å². The summed E-state index contributed by atoms with van der Waals surface area (Å²) in [5, 5.41) is 0. The zero-order valence-corrected chi connectivity index (χ0v) is 24.0. The van der Waals surface area contributed by atoms with E-state index in [2.05, 4.69) is 18.7 Å². The maximum atomic E-state index is 12.6. The molecular formula is C25H44N4O5S2. The Morgan fingerprint density at radius 1 is 1.03 bits per heavy atom. The number of rotatable bonds is 14. The number of amides is 1. The van der Waals surface area contributed by atoms with Crippen molar-refractivity contribution in [3.05, 3.63) is 29.8 Å². The predicted octanol–water partition coefficient (Wildman–Crippen LogP) is 1.58. The average Bonchev–Trinajstić information content (AvgIpc) is 2.79. The van der Waals surface area contributed by atoms with Crippen molar-refractivity contribution in [2.75, 3.05) is 51.3 Å². The number of sulfonamides is 1. The van der Waals surface area contributed by atoms with E-state index < -0.39 is 25.9 Å². The lowest BCUT2D eigenvalue weighted by molar-refractivity contribution is -0.134. The fourth-order valence-corrected chi connectivity index (χ4v) is 6.73. The molecule has 206 valence electrons. The van der Waals surface area contributed by atoms with Gasteiger partial charge in [0.05, 0.1) is 17.2 Å². The summed E-state index contributed by atoms with van der Waals surface area (Å²) in [5.74, 6) is -0.228. The molecule has 1 fully saturated rings. The Morgan fingerprint density at radius 2 is 1.67 bits per heavy atom. The van der Waals surface area contributed by atoms with Gasteiger partial charge in [-0.15, -0.1) is 0 Å². The van der Waals surface area contributed by atoms with Crippen LogP contribution in [0.4, 0.5) is 0 Å². The van der Waals surface area contributed by atoms with Crippen LogP contribution in [0.2, 0.25) is 0 Å². The molecule has 0 saturated carbocycles. The molecule has 1 aromatic carbocycles. The van der Waals surface area contributed by atoms with Crippen molar-refractivity contribution in [2.45, 2.75) is 63.9 Å². The lowest BCUT2D eigenvalue weighted by Gasteiger charge is -2.34. The maximum Gasteiger partial charge on any atom is 0.237 e. The van der Waals surface area contributed by atoms with Crippen LogP contribution in [0.3, 0.4) is 0 Å². The zero-order valence-electron chi connectivity index (χ0n) is 22.4. The number of carbonyl (C=O) groups is 1. The Kier molecular flexibility index (Phi) is 11.4. The monoisotopic (exact) mass is 544 g/mol. The maximum absolute atomic E-state index is 12.6. The molecule has 1 aliphatic heterocycles. The topological polar surface area (TPSA) is 121 Å². The summed E-state index contributed by atoms with van der Waals surface area (Å²) in [7, 11) is -6.74. The van der Waals surface area contributed by atoms with Gasteiger partial charge in [-0.05, 0) is 62.9 Å². The zero-order chi connectivity index (χ0) is 27.1. The van der Waals surface area contributed by atoms with E-state index in [1.54, 1.807) is 17.0 Å². The summed E-state index contributed by atoms with van der Waals surface area (Å²) in [4.78, 5) is 17.1. The molecule has 0 spiro atoms. The molecule has 1 aliphatic rings. The Bertz CT molecular complexity index is 1060. The molecule has 0 aromatic heterocycles. The average molecular weight is 545 g/mol. The highest BCUT2D eigenvalue weighted by molar-refractivity contribution is 7.90. The number of benzene rings is 1. The highest BCUT2D eigenvalue weighted by atomic mass is 32.2. The van der Waals surface area contributed by atoms with E-state index in [4.69, 9.17) is 5.73 Å². The first kappa shape index (κ1) is 30.7. The molecule has 9 nitrogen and oxygen atoms in total. The Hall–Kier alpha value is -1.53. The minimum absolute atomic E-state index is 0.0580. The standard InChI is InChI=1S/C25H44N4O5S2/c1-6-27(21(4)17-22-9-11-23(12-10-22)35(5,31)32)13-7-8-14-28-15-16-29(18-25(28)30)36(33,34)19-24(26)20(2)3/h9-12,20-21,24H,6-8,13-19,26H2,1-5H3. The Balaban J connectivity index is 1.77. The molecule has 36 heavy (non-hydrogen) atoms. The smallest absolute Gasteiger partial charge is 0.237 e. The molecule has 1 saturated heterocycles. The summed E-state index contributed by atoms with van der Waals surface area (Å²) in [6.45, 7) is 11.1. The summed E-state index contributed by atoms with van der Waals surface area (Å²) < 4.78 is 49.8. The lowest BCUT2D eigenvalue weighted by Crippen LogP contribution is -2.54. The second kappa shape index (κ2) is 13.3. The van der Waals surface area contributed by atoms with Crippen LogP contribution in [0.1, 0.15) is 46.1 Å². The van der Waals surface area contributed by atoms with Gasteiger partial charge >= 0.3 is 0 Å². The van der Waals surface area contributed by atoms with Gasteiger partial charge in [-0.25, -0.2) is 16.8 Å². The van der Waals surface area contributed by atoms with Crippen molar-refractivity contribution in [1.82, 2.24) is 14.1 Å². The molecule has 2 atom stereocenters.